The van der Waals surface area contributed by atoms with E-state index in [0.29, 0.717) is 6.04 Å². The van der Waals surface area contributed by atoms with Crippen LogP contribution in [0, 0.1) is 13.8 Å². The number of fused-ring (bicyclic) bond motifs is 1. The Bertz CT molecular complexity index is 959. The van der Waals surface area contributed by atoms with Gasteiger partial charge >= 0.3 is 0 Å². The molecule has 0 bridgehead atoms. The summed E-state index contributed by atoms with van der Waals surface area (Å²) in [7, 11) is 0. The van der Waals surface area contributed by atoms with Gasteiger partial charge in [-0.2, -0.15) is 0 Å². The van der Waals surface area contributed by atoms with Gasteiger partial charge in [-0.15, -0.1) is 0 Å². The summed E-state index contributed by atoms with van der Waals surface area (Å²) in [5.41, 5.74) is 5.28. The number of hydrogen-bond donors (Lipinski definition) is 0. The van der Waals surface area contributed by atoms with E-state index < -0.39 is 0 Å². The summed E-state index contributed by atoms with van der Waals surface area (Å²) < 4.78 is 1.63. The van der Waals surface area contributed by atoms with Crippen molar-refractivity contribution in [1.29, 1.82) is 0 Å². The molecular formula is C21H23N3O. The summed E-state index contributed by atoms with van der Waals surface area (Å²) in [5, 5.41) is 0. The highest BCUT2D eigenvalue weighted by molar-refractivity contribution is 5.46. The second-order valence-corrected chi connectivity index (χ2v) is 7.01. The van der Waals surface area contributed by atoms with Crippen molar-refractivity contribution < 1.29 is 0 Å². The number of aromatic nitrogens is 2. The minimum atomic E-state index is -0.00483. The highest BCUT2D eigenvalue weighted by Gasteiger charge is 2.26. The molecule has 0 N–H and O–H groups in total. The summed E-state index contributed by atoms with van der Waals surface area (Å²) in [5.74, 6) is 0. The van der Waals surface area contributed by atoms with E-state index in [4.69, 9.17) is 4.98 Å². The largest absolute Gasteiger partial charge is 0.291 e. The van der Waals surface area contributed by atoms with Crippen molar-refractivity contribution >= 4 is 5.65 Å². The first-order valence-corrected chi connectivity index (χ1v) is 8.90. The number of aryl methyl sites for hydroxylation is 2. The van der Waals surface area contributed by atoms with E-state index >= 15 is 0 Å². The fourth-order valence-electron chi connectivity index (χ4n) is 3.78. The molecule has 1 aliphatic rings. The standard InChI is InChI=1S/C21H23N3O/c1-15-7-9-17(10-8-15)19-6-4-11-23(19)14-18-13-20(25)24-12-3-5-16(2)21(24)22-18/h3,5,7-10,12-13,19H,4,6,11,14H2,1-2H3. The van der Waals surface area contributed by atoms with E-state index in [0.717, 1.165) is 36.4 Å². The number of nitrogens with zero attached hydrogens (tertiary/aromatic N) is 3. The number of rotatable bonds is 3. The van der Waals surface area contributed by atoms with Crippen LogP contribution in [0.5, 0.6) is 0 Å². The van der Waals surface area contributed by atoms with Crippen molar-refractivity contribution in [3.05, 3.63) is 81.4 Å². The van der Waals surface area contributed by atoms with Crippen molar-refractivity contribution in [3.8, 4) is 0 Å². The van der Waals surface area contributed by atoms with Gasteiger partial charge in [-0.1, -0.05) is 35.9 Å². The van der Waals surface area contributed by atoms with Crippen LogP contribution >= 0.6 is 0 Å². The van der Waals surface area contributed by atoms with Crippen LogP contribution < -0.4 is 5.56 Å². The molecule has 25 heavy (non-hydrogen) atoms. The van der Waals surface area contributed by atoms with Gasteiger partial charge in [0.15, 0.2) is 0 Å². The Balaban J connectivity index is 1.65. The molecule has 3 heterocycles. The van der Waals surface area contributed by atoms with E-state index in [-0.39, 0.29) is 5.56 Å². The fourth-order valence-corrected chi connectivity index (χ4v) is 3.78. The van der Waals surface area contributed by atoms with Crippen molar-refractivity contribution in [2.75, 3.05) is 6.54 Å². The van der Waals surface area contributed by atoms with Crippen LogP contribution in [0.4, 0.5) is 0 Å². The highest BCUT2D eigenvalue weighted by Crippen LogP contribution is 2.32. The molecule has 0 amide bonds. The number of hydrogen-bond acceptors (Lipinski definition) is 3. The molecule has 128 valence electrons. The summed E-state index contributed by atoms with van der Waals surface area (Å²) in [6, 6.07) is 14.8. The Hall–Kier alpha value is -2.46. The van der Waals surface area contributed by atoms with Crippen molar-refractivity contribution in [2.24, 2.45) is 0 Å². The van der Waals surface area contributed by atoms with Crippen molar-refractivity contribution in [2.45, 2.75) is 39.3 Å². The van der Waals surface area contributed by atoms with E-state index in [1.54, 1.807) is 16.7 Å². The molecule has 1 saturated heterocycles. The van der Waals surface area contributed by atoms with Gasteiger partial charge < -0.3 is 0 Å². The SMILES string of the molecule is Cc1ccc(C2CCCN2Cc2cc(=O)n3cccc(C)c3n2)cc1. The predicted molar refractivity (Wildman–Crippen MR) is 99.8 cm³/mol. The zero-order valence-corrected chi connectivity index (χ0v) is 14.8. The molecule has 4 rings (SSSR count). The van der Waals surface area contributed by atoms with E-state index in [9.17, 15) is 4.79 Å². The lowest BCUT2D eigenvalue weighted by molar-refractivity contribution is 0.245. The summed E-state index contributed by atoms with van der Waals surface area (Å²) in [4.78, 5) is 19.6. The van der Waals surface area contributed by atoms with Gasteiger partial charge in [-0.3, -0.25) is 14.1 Å². The quantitative estimate of drug-likeness (QED) is 0.734. The van der Waals surface area contributed by atoms with Crippen LogP contribution in [0.25, 0.3) is 5.65 Å². The zero-order chi connectivity index (χ0) is 17.4. The normalized spacial score (nSPS) is 18.1. The second kappa shape index (κ2) is 6.45. The van der Waals surface area contributed by atoms with Gasteiger partial charge in [0, 0.05) is 24.8 Å². The lowest BCUT2D eigenvalue weighted by atomic mass is 10.0. The van der Waals surface area contributed by atoms with Crippen LogP contribution in [0.2, 0.25) is 0 Å². The Morgan fingerprint density at radius 2 is 1.96 bits per heavy atom. The van der Waals surface area contributed by atoms with E-state index in [2.05, 4.69) is 36.1 Å². The van der Waals surface area contributed by atoms with Crippen molar-refractivity contribution in [1.82, 2.24) is 14.3 Å². The predicted octanol–water partition coefficient (Wildman–Crippen LogP) is 3.65. The molecule has 0 radical (unpaired) electrons. The molecule has 1 aliphatic heterocycles. The average molecular weight is 333 g/mol. The second-order valence-electron chi connectivity index (χ2n) is 7.01. The minimum Gasteiger partial charge on any atom is -0.291 e. The molecule has 0 aliphatic carbocycles. The van der Waals surface area contributed by atoms with Gasteiger partial charge in [0.2, 0.25) is 0 Å². The maximum Gasteiger partial charge on any atom is 0.258 e. The van der Waals surface area contributed by atoms with Gasteiger partial charge in [-0.25, -0.2) is 4.98 Å². The van der Waals surface area contributed by atoms with Crippen LogP contribution in [-0.2, 0) is 6.54 Å². The first-order valence-electron chi connectivity index (χ1n) is 8.90. The maximum atomic E-state index is 12.4. The third-order valence-electron chi connectivity index (χ3n) is 5.13. The molecule has 4 heteroatoms. The first-order chi connectivity index (χ1) is 12.1. The molecule has 0 spiro atoms. The smallest absolute Gasteiger partial charge is 0.258 e. The Kier molecular flexibility index (Phi) is 4.14. The molecular weight excluding hydrogens is 310 g/mol. The molecule has 0 saturated carbocycles. The van der Waals surface area contributed by atoms with Crippen LogP contribution in [0.1, 0.15) is 41.3 Å². The van der Waals surface area contributed by atoms with Crippen LogP contribution in [-0.4, -0.2) is 20.8 Å². The first kappa shape index (κ1) is 16.0. The zero-order valence-electron chi connectivity index (χ0n) is 14.8. The highest BCUT2D eigenvalue weighted by atomic mass is 16.1. The molecule has 2 aromatic heterocycles. The van der Waals surface area contributed by atoms with Gasteiger partial charge in [0.05, 0.1) is 5.69 Å². The molecule has 3 aromatic rings. The van der Waals surface area contributed by atoms with Crippen molar-refractivity contribution in [3.63, 3.8) is 0 Å². The third-order valence-corrected chi connectivity index (χ3v) is 5.13. The minimum absolute atomic E-state index is 0.00483. The Morgan fingerprint density at radius 1 is 1.16 bits per heavy atom. The lowest BCUT2D eigenvalue weighted by Gasteiger charge is -2.24. The molecule has 1 fully saturated rings. The van der Waals surface area contributed by atoms with Gasteiger partial charge in [-0.05, 0) is 50.4 Å². The van der Waals surface area contributed by atoms with Crippen LogP contribution in [0.15, 0.2) is 53.5 Å². The summed E-state index contributed by atoms with van der Waals surface area (Å²) in [6.07, 6.45) is 4.13. The van der Waals surface area contributed by atoms with E-state index in [1.165, 1.54) is 17.5 Å². The molecule has 1 unspecified atom stereocenters. The number of benzene rings is 1. The topological polar surface area (TPSA) is 37.6 Å². The van der Waals surface area contributed by atoms with E-state index in [1.807, 2.05) is 19.1 Å². The number of likely N-dealkylation sites (tertiary alicyclic amines) is 1. The average Bonchev–Trinajstić information content (AvgIpc) is 3.05. The molecule has 1 atom stereocenters. The molecule has 4 nitrogen and oxygen atoms in total. The van der Waals surface area contributed by atoms with Gasteiger partial charge in [0.1, 0.15) is 5.65 Å². The Morgan fingerprint density at radius 3 is 2.76 bits per heavy atom. The van der Waals surface area contributed by atoms with Gasteiger partial charge in [0.25, 0.3) is 5.56 Å². The molecule has 1 aromatic carbocycles. The maximum absolute atomic E-state index is 12.4. The Labute approximate surface area is 147 Å². The fraction of sp³-hybridized carbons (Fsp3) is 0.333. The third kappa shape index (κ3) is 3.10. The monoisotopic (exact) mass is 333 g/mol. The van der Waals surface area contributed by atoms with Crippen LogP contribution in [0.3, 0.4) is 0 Å². The lowest BCUT2D eigenvalue weighted by Crippen LogP contribution is -2.25. The summed E-state index contributed by atoms with van der Waals surface area (Å²) >= 11 is 0. The number of pyridine rings is 1. The summed E-state index contributed by atoms with van der Waals surface area (Å²) in [6.45, 7) is 5.88.